The van der Waals surface area contributed by atoms with E-state index < -0.39 is 10.1 Å². The molecule has 0 spiro atoms. The molecule has 0 unspecified atom stereocenters. The fraction of sp³-hybridized carbons (Fsp3) is 0.125. The molecular weight excluding hydrogens is 372 g/mol. The first-order chi connectivity index (χ1) is 6.73. The molecule has 1 rings (SSSR count). The van der Waals surface area contributed by atoms with Crippen molar-refractivity contribution in [2.24, 2.45) is 5.73 Å². The second kappa shape index (κ2) is 10.2. The molecule has 0 bridgehead atoms. The second-order valence-corrected chi connectivity index (χ2v) is 5.14. The van der Waals surface area contributed by atoms with Crippen molar-refractivity contribution in [3.8, 4) is 0 Å². The average Bonchev–Trinajstić information content (AvgIpc) is 2.01. The van der Waals surface area contributed by atoms with Gasteiger partial charge in [0.1, 0.15) is 10.1 Å². The standard InChI is InChI=1S/C6H5IO3S.C2H5NO.Na.H2O/c7-5-1-3-6(4-2-5)11(8,9)10;1-2(3)4;;/h1-4H,(H,8,9,10);1H3,(H2,3,4);;1H2/q;;+1;/p-1. The van der Waals surface area contributed by atoms with Gasteiger partial charge >= 0.3 is 29.6 Å². The van der Waals surface area contributed by atoms with Crippen LogP contribution >= 0.6 is 22.6 Å². The normalized spacial score (nSPS) is 8.88. The Morgan fingerprint density at radius 3 is 1.82 bits per heavy atom. The molecular formula is C8H11INNaO5S. The number of rotatable bonds is 1. The van der Waals surface area contributed by atoms with Crippen LogP contribution < -0.4 is 35.3 Å². The Morgan fingerprint density at radius 1 is 1.29 bits per heavy atom. The fourth-order valence-electron chi connectivity index (χ4n) is 0.601. The van der Waals surface area contributed by atoms with Gasteiger partial charge in [0.25, 0.3) is 0 Å². The van der Waals surface area contributed by atoms with Crippen LogP contribution in [0.4, 0.5) is 0 Å². The van der Waals surface area contributed by atoms with Crippen molar-refractivity contribution in [3.05, 3.63) is 27.8 Å². The van der Waals surface area contributed by atoms with E-state index in [9.17, 15) is 17.8 Å². The van der Waals surface area contributed by atoms with Gasteiger partial charge in [-0.3, -0.25) is 4.79 Å². The molecule has 0 aliphatic rings. The molecule has 4 N–H and O–H groups in total. The molecule has 92 valence electrons. The number of carbonyl (C=O) groups excluding carboxylic acids is 1. The average molecular weight is 383 g/mol. The summed E-state index contributed by atoms with van der Waals surface area (Å²) in [6.45, 7) is 1.31. The molecule has 17 heavy (non-hydrogen) atoms. The maximum absolute atomic E-state index is 10.4. The Hall–Kier alpha value is 0.290. The largest absolute Gasteiger partial charge is 1.00 e. The summed E-state index contributed by atoms with van der Waals surface area (Å²) in [4.78, 5) is 9.04. The van der Waals surface area contributed by atoms with E-state index in [0.29, 0.717) is 0 Å². The molecule has 1 aromatic carbocycles. The van der Waals surface area contributed by atoms with Gasteiger partial charge in [0.15, 0.2) is 0 Å². The molecule has 0 fully saturated rings. The van der Waals surface area contributed by atoms with Crippen LogP contribution in [0.1, 0.15) is 6.92 Å². The van der Waals surface area contributed by atoms with Crippen LogP contribution in [0.25, 0.3) is 0 Å². The summed E-state index contributed by atoms with van der Waals surface area (Å²) in [7, 11) is -4.27. The van der Waals surface area contributed by atoms with Gasteiger partial charge in [-0.05, 0) is 46.9 Å². The summed E-state index contributed by atoms with van der Waals surface area (Å²) in [5, 5.41) is 0. The van der Waals surface area contributed by atoms with Gasteiger partial charge < -0.3 is 15.8 Å². The van der Waals surface area contributed by atoms with Gasteiger partial charge in [-0.2, -0.15) is 0 Å². The molecule has 0 radical (unpaired) electrons. The van der Waals surface area contributed by atoms with Crippen LogP contribution in [-0.2, 0) is 14.9 Å². The van der Waals surface area contributed by atoms with E-state index >= 15 is 0 Å². The summed E-state index contributed by atoms with van der Waals surface area (Å²) in [5.41, 5.74) is 4.47. The van der Waals surface area contributed by atoms with Crippen molar-refractivity contribution in [2.75, 3.05) is 0 Å². The monoisotopic (exact) mass is 383 g/mol. The Labute approximate surface area is 135 Å². The summed E-state index contributed by atoms with van der Waals surface area (Å²) in [6.07, 6.45) is 0. The molecule has 9 heteroatoms. The number of amides is 1. The predicted octanol–water partition coefficient (Wildman–Crippen LogP) is -3.13. The number of nitrogens with two attached hydrogens (primary N) is 1. The number of carbonyl (C=O) groups is 1. The van der Waals surface area contributed by atoms with E-state index in [4.69, 9.17) is 0 Å². The van der Waals surface area contributed by atoms with Gasteiger partial charge in [0, 0.05) is 10.5 Å². The van der Waals surface area contributed by atoms with Gasteiger partial charge in [0.2, 0.25) is 5.91 Å². The summed E-state index contributed by atoms with van der Waals surface area (Å²) in [6, 6.07) is 5.74. The molecule has 1 aromatic rings. The number of primary amides is 1. The molecule has 0 aliphatic carbocycles. The van der Waals surface area contributed by atoms with Crippen LogP contribution in [0.15, 0.2) is 29.2 Å². The van der Waals surface area contributed by atoms with Crippen molar-refractivity contribution in [1.29, 1.82) is 0 Å². The first-order valence-electron chi connectivity index (χ1n) is 3.71. The van der Waals surface area contributed by atoms with E-state index in [1.807, 2.05) is 22.6 Å². The van der Waals surface area contributed by atoms with E-state index in [1.54, 1.807) is 12.1 Å². The molecule has 0 aliphatic heterocycles. The number of hydrogen-bond acceptors (Lipinski definition) is 4. The molecule has 0 atom stereocenters. The molecule has 6 nitrogen and oxygen atoms in total. The van der Waals surface area contributed by atoms with Crippen molar-refractivity contribution >= 4 is 38.6 Å². The van der Waals surface area contributed by atoms with Gasteiger partial charge in [0.05, 0.1) is 4.90 Å². The minimum atomic E-state index is -4.27. The zero-order chi connectivity index (χ0) is 12.1. The third kappa shape index (κ3) is 12.5. The molecule has 0 aromatic heterocycles. The second-order valence-electron chi connectivity index (χ2n) is 2.52. The molecule has 0 saturated carbocycles. The number of benzene rings is 1. The van der Waals surface area contributed by atoms with Crippen molar-refractivity contribution in [1.82, 2.24) is 0 Å². The molecule has 0 heterocycles. The maximum Gasteiger partial charge on any atom is 1.00 e. The smallest absolute Gasteiger partial charge is 0.744 e. The summed E-state index contributed by atoms with van der Waals surface area (Å²) < 4.78 is 32.1. The van der Waals surface area contributed by atoms with Gasteiger partial charge in [-0.25, -0.2) is 8.42 Å². The van der Waals surface area contributed by atoms with E-state index in [0.717, 1.165) is 3.57 Å². The zero-order valence-electron chi connectivity index (χ0n) is 9.31. The van der Waals surface area contributed by atoms with Crippen LogP contribution in [0.3, 0.4) is 0 Å². The van der Waals surface area contributed by atoms with Crippen molar-refractivity contribution in [2.45, 2.75) is 11.8 Å². The topological polar surface area (TPSA) is 132 Å². The van der Waals surface area contributed by atoms with E-state index in [2.05, 4.69) is 5.73 Å². The quantitative estimate of drug-likeness (QED) is 0.312. The van der Waals surface area contributed by atoms with Crippen LogP contribution in [-0.4, -0.2) is 24.4 Å². The van der Waals surface area contributed by atoms with Crippen LogP contribution in [0.5, 0.6) is 0 Å². The van der Waals surface area contributed by atoms with E-state index in [1.165, 1.54) is 19.1 Å². The Kier molecular flexibility index (Phi) is 13.5. The van der Waals surface area contributed by atoms with Gasteiger partial charge in [-0.1, -0.05) is 0 Å². The third-order valence-electron chi connectivity index (χ3n) is 1.10. The van der Waals surface area contributed by atoms with Crippen molar-refractivity contribution < 1.29 is 52.8 Å². The van der Waals surface area contributed by atoms with Crippen LogP contribution in [0, 0.1) is 3.57 Å². The maximum atomic E-state index is 10.4. The molecule has 0 saturated heterocycles. The first kappa shape index (κ1) is 22.5. The van der Waals surface area contributed by atoms with E-state index in [-0.39, 0.29) is 45.8 Å². The molecule has 1 amide bonds. The zero-order valence-corrected chi connectivity index (χ0v) is 14.3. The Balaban J connectivity index is -0.000000289. The van der Waals surface area contributed by atoms with Crippen molar-refractivity contribution in [3.63, 3.8) is 0 Å². The minimum absolute atomic E-state index is 0. The predicted molar refractivity (Wildman–Crippen MR) is 65.6 cm³/mol. The summed E-state index contributed by atoms with van der Waals surface area (Å²) >= 11 is 2.03. The van der Waals surface area contributed by atoms with Gasteiger partial charge in [-0.15, -0.1) is 0 Å². The van der Waals surface area contributed by atoms with Crippen LogP contribution in [0.2, 0.25) is 0 Å². The minimum Gasteiger partial charge on any atom is -0.744 e. The fourth-order valence-corrected chi connectivity index (χ4v) is 1.43. The Bertz CT molecular complexity index is 430. The number of hydrogen-bond donors (Lipinski definition) is 1. The Morgan fingerprint density at radius 2 is 1.59 bits per heavy atom. The number of halogens is 1. The first-order valence-corrected chi connectivity index (χ1v) is 6.19. The SMILES string of the molecule is CC(N)=O.O.O=S(=O)([O-])c1ccc(I)cc1.[Na+]. The summed E-state index contributed by atoms with van der Waals surface area (Å²) in [5.74, 6) is -0.333. The third-order valence-corrected chi connectivity index (χ3v) is 2.67.